The molecule has 1 unspecified atom stereocenters. The second kappa shape index (κ2) is 6.69. The van der Waals surface area contributed by atoms with Crippen LogP contribution in [0.2, 0.25) is 5.02 Å². The van der Waals surface area contributed by atoms with Crippen molar-refractivity contribution in [2.45, 2.75) is 22.3 Å². The van der Waals surface area contributed by atoms with E-state index in [2.05, 4.69) is 15.9 Å². The number of hydrogen-bond donors (Lipinski definition) is 0. The number of rotatable bonds is 3. The molecular formula is C16H13BrClFOS. The predicted molar refractivity (Wildman–Crippen MR) is 88.2 cm³/mol. The Hall–Kier alpha value is -0.550. The van der Waals surface area contributed by atoms with Gasteiger partial charge in [-0.3, -0.25) is 0 Å². The summed E-state index contributed by atoms with van der Waals surface area (Å²) in [5.74, 6) is -0.224. The van der Waals surface area contributed by atoms with Gasteiger partial charge < -0.3 is 4.74 Å². The standard InChI is InChI=1S/C16H13BrClFOS/c17-5-6-20-14-8-10-7-11(18)1-4-15(10)21-16-9-12(19)2-3-13(14)16/h1-4,7,9,14H,5-6,8H2. The number of hydrogen-bond acceptors (Lipinski definition) is 2. The lowest BCUT2D eigenvalue weighted by Crippen LogP contribution is -2.09. The Balaban J connectivity index is 2.05. The lowest BCUT2D eigenvalue weighted by atomic mass is 10.0. The fraction of sp³-hybridized carbons (Fsp3) is 0.250. The maximum Gasteiger partial charge on any atom is 0.124 e. The van der Waals surface area contributed by atoms with Crippen LogP contribution in [0.5, 0.6) is 0 Å². The van der Waals surface area contributed by atoms with Crippen LogP contribution >= 0.6 is 39.3 Å². The Morgan fingerprint density at radius 2 is 2.10 bits per heavy atom. The van der Waals surface area contributed by atoms with Gasteiger partial charge >= 0.3 is 0 Å². The van der Waals surface area contributed by atoms with E-state index in [1.165, 1.54) is 6.07 Å². The minimum absolute atomic E-state index is 0.0784. The zero-order valence-corrected chi connectivity index (χ0v) is 14.3. The van der Waals surface area contributed by atoms with Crippen LogP contribution in [0, 0.1) is 5.82 Å². The highest BCUT2D eigenvalue weighted by Gasteiger charge is 2.23. The summed E-state index contributed by atoms with van der Waals surface area (Å²) < 4.78 is 19.5. The molecule has 0 amide bonds. The minimum Gasteiger partial charge on any atom is -0.372 e. The summed E-state index contributed by atoms with van der Waals surface area (Å²) >= 11 is 11.1. The van der Waals surface area contributed by atoms with E-state index in [1.807, 2.05) is 24.3 Å². The highest BCUT2D eigenvalue weighted by molar-refractivity contribution is 9.09. The van der Waals surface area contributed by atoms with Crippen LogP contribution in [0.4, 0.5) is 4.39 Å². The van der Waals surface area contributed by atoms with E-state index in [-0.39, 0.29) is 11.9 Å². The predicted octanol–water partition coefficient (Wildman–Crippen LogP) is 5.64. The first-order valence-corrected chi connectivity index (χ1v) is 8.92. The van der Waals surface area contributed by atoms with Gasteiger partial charge in [-0.25, -0.2) is 4.39 Å². The Labute approximate surface area is 141 Å². The van der Waals surface area contributed by atoms with Gasteiger partial charge in [0, 0.05) is 26.6 Å². The molecule has 2 aromatic carbocycles. The molecule has 1 aliphatic heterocycles. The monoisotopic (exact) mass is 386 g/mol. The van der Waals surface area contributed by atoms with Crippen molar-refractivity contribution in [3.8, 4) is 0 Å². The van der Waals surface area contributed by atoms with Gasteiger partial charge in [0.15, 0.2) is 0 Å². The molecular weight excluding hydrogens is 375 g/mol. The first-order chi connectivity index (χ1) is 10.2. The van der Waals surface area contributed by atoms with Gasteiger partial charge in [-0.15, -0.1) is 0 Å². The summed E-state index contributed by atoms with van der Waals surface area (Å²) in [5.41, 5.74) is 2.18. The van der Waals surface area contributed by atoms with Crippen molar-refractivity contribution >= 4 is 39.3 Å². The molecule has 1 atom stereocenters. The molecule has 1 nitrogen and oxygen atoms in total. The molecule has 5 heteroatoms. The maximum absolute atomic E-state index is 13.6. The van der Waals surface area contributed by atoms with Crippen LogP contribution in [-0.2, 0) is 11.2 Å². The number of ether oxygens (including phenoxy) is 1. The van der Waals surface area contributed by atoms with Gasteiger partial charge in [0.25, 0.3) is 0 Å². The van der Waals surface area contributed by atoms with Crippen molar-refractivity contribution in [1.29, 1.82) is 0 Å². The van der Waals surface area contributed by atoms with E-state index in [0.717, 1.165) is 32.7 Å². The molecule has 0 fully saturated rings. The second-order valence-electron chi connectivity index (χ2n) is 4.79. The van der Waals surface area contributed by atoms with Gasteiger partial charge in [-0.1, -0.05) is 45.4 Å². The van der Waals surface area contributed by atoms with Gasteiger partial charge in [-0.05, 0) is 41.5 Å². The fourth-order valence-electron chi connectivity index (χ4n) is 2.43. The summed E-state index contributed by atoms with van der Waals surface area (Å²) in [6.07, 6.45) is 0.666. The van der Waals surface area contributed by atoms with E-state index in [9.17, 15) is 4.39 Å². The van der Waals surface area contributed by atoms with Crippen LogP contribution in [0.15, 0.2) is 46.2 Å². The smallest absolute Gasteiger partial charge is 0.124 e. The average molecular weight is 388 g/mol. The van der Waals surface area contributed by atoms with Gasteiger partial charge in [-0.2, -0.15) is 0 Å². The molecule has 2 aromatic rings. The quantitative estimate of drug-likeness (QED) is 0.630. The van der Waals surface area contributed by atoms with Crippen molar-refractivity contribution in [3.05, 3.63) is 58.4 Å². The molecule has 21 heavy (non-hydrogen) atoms. The molecule has 110 valence electrons. The number of fused-ring (bicyclic) bond motifs is 2. The largest absolute Gasteiger partial charge is 0.372 e. The minimum atomic E-state index is -0.224. The molecule has 0 aliphatic carbocycles. The van der Waals surface area contributed by atoms with E-state index >= 15 is 0 Å². The molecule has 1 aliphatic rings. The van der Waals surface area contributed by atoms with Crippen LogP contribution in [0.25, 0.3) is 0 Å². The summed E-state index contributed by atoms with van der Waals surface area (Å²) in [6.45, 7) is 0.613. The topological polar surface area (TPSA) is 9.23 Å². The van der Waals surface area contributed by atoms with Gasteiger partial charge in [0.1, 0.15) is 5.82 Å². The average Bonchev–Trinajstić information content (AvgIpc) is 2.60. The molecule has 1 heterocycles. The van der Waals surface area contributed by atoms with Crippen LogP contribution in [0.3, 0.4) is 0 Å². The molecule has 0 radical (unpaired) electrons. The lowest BCUT2D eigenvalue weighted by Gasteiger charge is -2.18. The van der Waals surface area contributed by atoms with E-state index in [1.54, 1.807) is 17.8 Å². The van der Waals surface area contributed by atoms with Crippen molar-refractivity contribution in [1.82, 2.24) is 0 Å². The van der Waals surface area contributed by atoms with Gasteiger partial charge in [0.05, 0.1) is 12.7 Å². The molecule has 0 spiro atoms. The van der Waals surface area contributed by atoms with Crippen LogP contribution in [0.1, 0.15) is 17.2 Å². The van der Waals surface area contributed by atoms with Crippen molar-refractivity contribution in [2.24, 2.45) is 0 Å². The molecule has 0 N–H and O–H groups in total. The summed E-state index contributed by atoms with van der Waals surface area (Å²) in [6, 6.07) is 10.7. The third-order valence-corrected chi connectivity index (χ3v) is 5.12. The first kappa shape index (κ1) is 15.3. The number of benzene rings is 2. The van der Waals surface area contributed by atoms with Crippen LogP contribution < -0.4 is 0 Å². The van der Waals surface area contributed by atoms with Gasteiger partial charge in [0.2, 0.25) is 0 Å². The zero-order chi connectivity index (χ0) is 14.8. The fourth-order valence-corrected chi connectivity index (χ4v) is 3.95. The highest BCUT2D eigenvalue weighted by atomic mass is 79.9. The molecule has 3 rings (SSSR count). The molecule has 0 saturated carbocycles. The third-order valence-electron chi connectivity index (χ3n) is 3.37. The van der Waals surface area contributed by atoms with Crippen molar-refractivity contribution < 1.29 is 9.13 Å². The van der Waals surface area contributed by atoms with Crippen molar-refractivity contribution in [2.75, 3.05) is 11.9 Å². The van der Waals surface area contributed by atoms with E-state index in [4.69, 9.17) is 16.3 Å². The Bertz CT molecular complexity index is 665. The zero-order valence-electron chi connectivity index (χ0n) is 11.1. The summed E-state index contributed by atoms with van der Waals surface area (Å²) in [4.78, 5) is 2.02. The second-order valence-corrected chi connectivity index (χ2v) is 7.10. The maximum atomic E-state index is 13.6. The molecule has 0 aromatic heterocycles. The Kier molecular flexibility index (Phi) is 4.89. The van der Waals surface area contributed by atoms with Crippen LogP contribution in [-0.4, -0.2) is 11.9 Å². The van der Waals surface area contributed by atoms with Crippen molar-refractivity contribution in [3.63, 3.8) is 0 Å². The van der Waals surface area contributed by atoms with E-state index < -0.39 is 0 Å². The van der Waals surface area contributed by atoms with E-state index in [0.29, 0.717) is 11.6 Å². The SMILES string of the molecule is Fc1ccc2c(c1)Sc1ccc(Cl)cc1CC2OCCBr. The highest BCUT2D eigenvalue weighted by Crippen LogP contribution is 2.42. The first-order valence-electron chi connectivity index (χ1n) is 6.60. The Morgan fingerprint density at radius 3 is 2.90 bits per heavy atom. The normalized spacial score (nSPS) is 17.0. The third kappa shape index (κ3) is 3.45. The molecule has 0 bridgehead atoms. The summed E-state index contributed by atoms with van der Waals surface area (Å²) in [5, 5.41) is 1.49. The summed E-state index contributed by atoms with van der Waals surface area (Å²) in [7, 11) is 0. The number of alkyl halides is 1. The lowest BCUT2D eigenvalue weighted by molar-refractivity contribution is 0.0633. The Morgan fingerprint density at radius 1 is 1.24 bits per heavy atom. The number of halogens is 3. The molecule has 0 saturated heterocycles.